The number of amides is 2. The fraction of sp³-hybridized carbons (Fsp3) is 0.259. The average Bonchev–Trinajstić information content (AvgIpc) is 2.86. The number of anilines is 1. The summed E-state index contributed by atoms with van der Waals surface area (Å²) in [5.41, 5.74) is 1.79. The van der Waals surface area contributed by atoms with Gasteiger partial charge in [0.1, 0.15) is 12.6 Å². The second-order valence-corrected chi connectivity index (χ2v) is 11.2. The van der Waals surface area contributed by atoms with Crippen molar-refractivity contribution in [3.63, 3.8) is 0 Å². The lowest BCUT2D eigenvalue weighted by molar-refractivity contribution is -0.139. The number of sulfonamides is 1. The summed E-state index contributed by atoms with van der Waals surface area (Å²) < 4.78 is 28.5. The van der Waals surface area contributed by atoms with Crippen LogP contribution in [-0.4, -0.2) is 44.3 Å². The number of likely N-dealkylation sites (N-methyl/N-ethyl adjacent to an activating group) is 1. The number of nitrogens with one attached hydrogen (secondary N) is 1. The average molecular weight is 563 g/mol. The molecule has 0 unspecified atom stereocenters. The molecule has 37 heavy (non-hydrogen) atoms. The van der Waals surface area contributed by atoms with Gasteiger partial charge in [-0.1, -0.05) is 53.5 Å². The molecule has 0 radical (unpaired) electrons. The molecule has 0 aliphatic rings. The lowest BCUT2D eigenvalue weighted by Crippen LogP contribution is -2.51. The highest BCUT2D eigenvalue weighted by molar-refractivity contribution is 7.92. The van der Waals surface area contributed by atoms with Gasteiger partial charge in [0, 0.05) is 23.1 Å². The summed E-state index contributed by atoms with van der Waals surface area (Å²) >= 11 is 12.3. The molecule has 0 fully saturated rings. The van der Waals surface area contributed by atoms with E-state index in [-0.39, 0.29) is 17.3 Å². The Morgan fingerprint density at radius 1 is 0.973 bits per heavy atom. The van der Waals surface area contributed by atoms with Crippen molar-refractivity contribution in [1.82, 2.24) is 10.2 Å². The van der Waals surface area contributed by atoms with E-state index < -0.39 is 28.5 Å². The summed E-state index contributed by atoms with van der Waals surface area (Å²) in [4.78, 5) is 27.8. The summed E-state index contributed by atoms with van der Waals surface area (Å²) in [6, 6.07) is 18.7. The molecule has 3 aromatic carbocycles. The number of carbonyl (C=O) groups is 2. The molecule has 0 aliphatic carbocycles. The first-order valence-corrected chi connectivity index (χ1v) is 13.9. The maximum absolute atomic E-state index is 13.8. The Balaban J connectivity index is 2.04. The van der Waals surface area contributed by atoms with Gasteiger partial charge in [-0.05, 0) is 74.4 Å². The quantitative estimate of drug-likeness (QED) is 0.375. The fourth-order valence-electron chi connectivity index (χ4n) is 3.76. The van der Waals surface area contributed by atoms with Gasteiger partial charge in [-0.2, -0.15) is 0 Å². The van der Waals surface area contributed by atoms with E-state index in [9.17, 15) is 18.0 Å². The largest absolute Gasteiger partial charge is 0.355 e. The first-order valence-electron chi connectivity index (χ1n) is 11.7. The molecule has 2 amide bonds. The molecular formula is C27H29Cl2N3O4S. The zero-order chi connectivity index (χ0) is 27.2. The highest BCUT2D eigenvalue weighted by atomic mass is 35.5. The van der Waals surface area contributed by atoms with Gasteiger partial charge in [-0.15, -0.1) is 0 Å². The van der Waals surface area contributed by atoms with Crippen molar-refractivity contribution < 1.29 is 18.0 Å². The van der Waals surface area contributed by atoms with Crippen molar-refractivity contribution in [3.8, 4) is 0 Å². The van der Waals surface area contributed by atoms with Crippen molar-refractivity contribution >= 4 is 50.7 Å². The number of halogens is 2. The van der Waals surface area contributed by atoms with Gasteiger partial charge in [0.25, 0.3) is 10.0 Å². The molecule has 196 valence electrons. The monoisotopic (exact) mass is 561 g/mol. The van der Waals surface area contributed by atoms with E-state index in [4.69, 9.17) is 23.2 Å². The van der Waals surface area contributed by atoms with Gasteiger partial charge in [0.2, 0.25) is 11.8 Å². The molecule has 3 aromatic rings. The number of carbonyl (C=O) groups excluding carboxylic acids is 2. The Morgan fingerprint density at radius 2 is 1.65 bits per heavy atom. The highest BCUT2D eigenvalue weighted by Crippen LogP contribution is 2.26. The predicted octanol–water partition coefficient (Wildman–Crippen LogP) is 5.05. The van der Waals surface area contributed by atoms with E-state index in [1.54, 1.807) is 56.3 Å². The summed E-state index contributed by atoms with van der Waals surface area (Å²) in [5.74, 6) is -0.914. The minimum atomic E-state index is -4.15. The SMILES string of the molecule is CCNC(=O)[C@H](C)N(Cc1ccccc1Cl)C(=O)CN(c1cccc(C)c1)S(=O)(=O)c1ccc(Cl)cc1. The van der Waals surface area contributed by atoms with Crippen molar-refractivity contribution in [2.75, 3.05) is 17.4 Å². The number of nitrogens with zero attached hydrogens (tertiary/aromatic N) is 2. The van der Waals surface area contributed by atoms with E-state index in [1.807, 2.05) is 13.0 Å². The third-order valence-corrected chi connectivity index (χ3v) is 8.20. The van der Waals surface area contributed by atoms with E-state index in [0.29, 0.717) is 27.8 Å². The standard InChI is InChI=1S/C27H29Cl2N3O4S/c1-4-30-27(34)20(3)31(17-21-9-5-6-11-25(21)29)26(33)18-32(23-10-7-8-19(2)16-23)37(35,36)24-14-12-22(28)13-15-24/h5-16,20H,4,17-18H2,1-3H3,(H,30,34)/t20-/m0/s1. The first kappa shape index (κ1) is 28.5. The minimum Gasteiger partial charge on any atom is -0.355 e. The Hall–Kier alpha value is -3.07. The molecule has 1 atom stereocenters. The summed E-state index contributed by atoms with van der Waals surface area (Å²) in [5, 5.41) is 3.55. The zero-order valence-electron chi connectivity index (χ0n) is 20.8. The van der Waals surface area contributed by atoms with Crippen LogP contribution in [0.25, 0.3) is 0 Å². The number of hydrogen-bond donors (Lipinski definition) is 1. The van der Waals surface area contributed by atoms with E-state index in [1.165, 1.54) is 29.2 Å². The van der Waals surface area contributed by atoms with Crippen LogP contribution in [0.1, 0.15) is 25.0 Å². The fourth-order valence-corrected chi connectivity index (χ4v) is 5.49. The topological polar surface area (TPSA) is 86.8 Å². The second-order valence-electron chi connectivity index (χ2n) is 8.49. The number of rotatable bonds is 10. The third kappa shape index (κ3) is 7.03. The maximum Gasteiger partial charge on any atom is 0.264 e. The number of hydrogen-bond acceptors (Lipinski definition) is 4. The number of aryl methyl sites for hydroxylation is 1. The van der Waals surface area contributed by atoms with E-state index >= 15 is 0 Å². The molecule has 0 bridgehead atoms. The summed E-state index contributed by atoms with van der Waals surface area (Å²) in [6.07, 6.45) is 0. The van der Waals surface area contributed by atoms with Gasteiger partial charge in [0.15, 0.2) is 0 Å². The zero-order valence-corrected chi connectivity index (χ0v) is 23.1. The maximum atomic E-state index is 13.8. The van der Waals surface area contributed by atoms with E-state index in [0.717, 1.165) is 9.87 Å². The molecule has 1 N–H and O–H groups in total. The molecular weight excluding hydrogens is 533 g/mol. The molecule has 10 heteroatoms. The summed E-state index contributed by atoms with van der Waals surface area (Å²) in [7, 11) is -4.15. The minimum absolute atomic E-state index is 0.0133. The van der Waals surface area contributed by atoms with E-state index in [2.05, 4.69) is 5.32 Å². The van der Waals surface area contributed by atoms with Crippen LogP contribution in [0.2, 0.25) is 10.0 Å². The highest BCUT2D eigenvalue weighted by Gasteiger charge is 2.32. The van der Waals surface area contributed by atoms with Crippen molar-refractivity contribution in [2.45, 2.75) is 38.3 Å². The van der Waals surface area contributed by atoms with Crippen molar-refractivity contribution in [3.05, 3.63) is 94.0 Å². The Labute approximate surface area is 228 Å². The van der Waals surface area contributed by atoms with Crippen molar-refractivity contribution in [2.24, 2.45) is 0 Å². The molecule has 0 saturated carbocycles. The lowest BCUT2D eigenvalue weighted by Gasteiger charge is -2.32. The number of benzene rings is 3. The molecule has 0 heterocycles. The molecule has 3 rings (SSSR count). The molecule has 0 aromatic heterocycles. The van der Waals surface area contributed by atoms with Gasteiger partial charge < -0.3 is 10.2 Å². The predicted molar refractivity (Wildman–Crippen MR) is 147 cm³/mol. The molecule has 7 nitrogen and oxygen atoms in total. The Kier molecular flexibility index (Phi) is 9.59. The van der Waals surface area contributed by atoms with Gasteiger partial charge in [-0.3, -0.25) is 13.9 Å². The summed E-state index contributed by atoms with van der Waals surface area (Å²) in [6.45, 7) is 5.10. The van der Waals surface area contributed by atoms with Crippen LogP contribution < -0.4 is 9.62 Å². The lowest BCUT2D eigenvalue weighted by atomic mass is 10.1. The molecule has 0 aliphatic heterocycles. The van der Waals surface area contributed by atoms with Crippen LogP contribution in [0, 0.1) is 6.92 Å². The normalized spacial score (nSPS) is 12.0. The Morgan fingerprint density at radius 3 is 2.27 bits per heavy atom. The smallest absolute Gasteiger partial charge is 0.264 e. The van der Waals surface area contributed by atoms with Crippen LogP contribution in [0.15, 0.2) is 77.7 Å². The van der Waals surface area contributed by atoms with Gasteiger partial charge in [0.05, 0.1) is 10.6 Å². The van der Waals surface area contributed by atoms with Crippen molar-refractivity contribution in [1.29, 1.82) is 0 Å². The first-order chi connectivity index (χ1) is 17.5. The van der Waals surface area contributed by atoms with Crippen LogP contribution in [-0.2, 0) is 26.2 Å². The van der Waals surface area contributed by atoms with Gasteiger partial charge in [-0.25, -0.2) is 8.42 Å². The van der Waals surface area contributed by atoms with Crippen LogP contribution >= 0.6 is 23.2 Å². The van der Waals surface area contributed by atoms with Crippen LogP contribution in [0.3, 0.4) is 0 Å². The molecule has 0 saturated heterocycles. The third-order valence-electron chi connectivity index (χ3n) is 5.79. The second kappa shape index (κ2) is 12.4. The molecule has 0 spiro atoms. The van der Waals surface area contributed by atoms with Crippen LogP contribution in [0.5, 0.6) is 0 Å². The van der Waals surface area contributed by atoms with Crippen LogP contribution in [0.4, 0.5) is 5.69 Å². The van der Waals surface area contributed by atoms with Gasteiger partial charge >= 0.3 is 0 Å². The Bertz CT molecular complexity index is 1360.